The van der Waals surface area contributed by atoms with Crippen LogP contribution in [0, 0.1) is 5.82 Å². The van der Waals surface area contributed by atoms with Crippen molar-refractivity contribution >= 4 is 11.7 Å². The van der Waals surface area contributed by atoms with Crippen molar-refractivity contribution in [2.24, 2.45) is 0 Å². The molecular weight excluding hydrogens is 273 g/mol. The number of rotatable bonds is 6. The Kier molecular flexibility index (Phi) is 6.43. The molecule has 1 aliphatic heterocycles. The molecule has 2 rings (SSSR count). The van der Waals surface area contributed by atoms with Crippen molar-refractivity contribution in [2.45, 2.75) is 25.4 Å². The van der Waals surface area contributed by atoms with Crippen LogP contribution in [0.4, 0.5) is 14.9 Å². The molecule has 1 heterocycles. The van der Waals surface area contributed by atoms with E-state index in [1.54, 1.807) is 12.1 Å². The van der Waals surface area contributed by atoms with E-state index in [1.165, 1.54) is 12.1 Å². The molecule has 1 aromatic rings. The molecule has 1 saturated heterocycles. The van der Waals surface area contributed by atoms with Crippen LogP contribution in [-0.2, 0) is 4.74 Å². The van der Waals surface area contributed by atoms with Gasteiger partial charge in [0.2, 0.25) is 0 Å². The fourth-order valence-corrected chi connectivity index (χ4v) is 2.23. The van der Waals surface area contributed by atoms with Gasteiger partial charge in [-0.1, -0.05) is 6.07 Å². The van der Waals surface area contributed by atoms with E-state index < -0.39 is 0 Å². The maximum Gasteiger partial charge on any atom is 0.319 e. The van der Waals surface area contributed by atoms with Crippen molar-refractivity contribution in [1.82, 2.24) is 10.6 Å². The van der Waals surface area contributed by atoms with Crippen LogP contribution in [0.3, 0.4) is 0 Å². The quantitative estimate of drug-likeness (QED) is 0.704. The van der Waals surface area contributed by atoms with Crippen molar-refractivity contribution in [1.29, 1.82) is 0 Å². The number of halogens is 1. The van der Waals surface area contributed by atoms with Gasteiger partial charge in [0.05, 0.1) is 6.10 Å². The first-order chi connectivity index (χ1) is 10.2. The molecule has 0 bridgehead atoms. The Morgan fingerprint density at radius 2 is 2.19 bits per heavy atom. The van der Waals surface area contributed by atoms with Crippen molar-refractivity contribution in [3.8, 4) is 0 Å². The number of hydrogen-bond donors (Lipinski definition) is 3. The molecule has 0 atom stereocenters. The van der Waals surface area contributed by atoms with Crippen LogP contribution >= 0.6 is 0 Å². The molecule has 0 spiro atoms. The van der Waals surface area contributed by atoms with Crippen molar-refractivity contribution < 1.29 is 13.9 Å². The van der Waals surface area contributed by atoms with E-state index in [0.29, 0.717) is 24.9 Å². The van der Waals surface area contributed by atoms with Crippen LogP contribution in [-0.4, -0.2) is 38.4 Å². The van der Waals surface area contributed by atoms with Crippen molar-refractivity contribution in [3.63, 3.8) is 0 Å². The maximum atomic E-state index is 13.0. The van der Waals surface area contributed by atoms with Gasteiger partial charge in [0.15, 0.2) is 0 Å². The van der Waals surface area contributed by atoms with Crippen LogP contribution in [0.1, 0.15) is 19.3 Å². The van der Waals surface area contributed by atoms with E-state index in [2.05, 4.69) is 16.0 Å². The van der Waals surface area contributed by atoms with Gasteiger partial charge in [-0.3, -0.25) is 0 Å². The normalized spacial score (nSPS) is 15.7. The third kappa shape index (κ3) is 6.10. The van der Waals surface area contributed by atoms with Crippen LogP contribution < -0.4 is 16.0 Å². The smallest absolute Gasteiger partial charge is 0.319 e. The van der Waals surface area contributed by atoms with E-state index in [-0.39, 0.29) is 11.8 Å². The summed E-state index contributed by atoms with van der Waals surface area (Å²) in [7, 11) is 0. The fraction of sp³-hybridized carbons (Fsp3) is 0.533. The minimum absolute atomic E-state index is 0.331. The average molecular weight is 295 g/mol. The van der Waals surface area contributed by atoms with Gasteiger partial charge >= 0.3 is 6.03 Å². The van der Waals surface area contributed by atoms with E-state index >= 15 is 0 Å². The molecule has 1 aliphatic rings. The van der Waals surface area contributed by atoms with E-state index in [9.17, 15) is 9.18 Å². The Bertz CT molecular complexity index is 450. The molecule has 116 valence electrons. The van der Waals surface area contributed by atoms with E-state index in [0.717, 1.165) is 32.4 Å². The molecular formula is C15H22FN3O2. The second-order valence-electron chi connectivity index (χ2n) is 5.06. The SMILES string of the molecule is O=C(NCCCOC1CCNCC1)Nc1cccc(F)c1. The van der Waals surface area contributed by atoms with E-state index in [4.69, 9.17) is 4.74 Å². The lowest BCUT2D eigenvalue weighted by molar-refractivity contribution is 0.0321. The molecule has 6 heteroatoms. The molecule has 0 aliphatic carbocycles. The van der Waals surface area contributed by atoms with Gasteiger partial charge in [0, 0.05) is 18.8 Å². The minimum Gasteiger partial charge on any atom is -0.378 e. The fourth-order valence-electron chi connectivity index (χ4n) is 2.23. The minimum atomic E-state index is -0.372. The monoisotopic (exact) mass is 295 g/mol. The number of ether oxygens (including phenoxy) is 1. The zero-order valence-corrected chi connectivity index (χ0v) is 12.0. The van der Waals surface area contributed by atoms with Crippen molar-refractivity contribution in [2.75, 3.05) is 31.6 Å². The largest absolute Gasteiger partial charge is 0.378 e. The summed E-state index contributed by atoms with van der Waals surface area (Å²) in [6.45, 7) is 3.20. The van der Waals surface area contributed by atoms with Gasteiger partial charge in [-0.05, 0) is 50.6 Å². The van der Waals surface area contributed by atoms with Crippen molar-refractivity contribution in [3.05, 3.63) is 30.1 Å². The highest BCUT2D eigenvalue weighted by molar-refractivity contribution is 5.89. The Labute approximate surface area is 124 Å². The Balaban J connectivity index is 1.54. The number of benzene rings is 1. The molecule has 1 fully saturated rings. The van der Waals surface area contributed by atoms with Gasteiger partial charge < -0.3 is 20.7 Å². The second-order valence-corrected chi connectivity index (χ2v) is 5.06. The number of amides is 2. The summed E-state index contributed by atoms with van der Waals surface area (Å²) in [6.07, 6.45) is 3.20. The lowest BCUT2D eigenvalue weighted by Crippen LogP contribution is -2.33. The van der Waals surface area contributed by atoms with Gasteiger partial charge in [0.1, 0.15) is 5.82 Å². The maximum absolute atomic E-state index is 13.0. The molecule has 0 saturated carbocycles. The third-order valence-electron chi connectivity index (χ3n) is 3.33. The Morgan fingerprint density at radius 3 is 2.95 bits per heavy atom. The molecule has 0 aromatic heterocycles. The summed E-state index contributed by atoms with van der Waals surface area (Å²) in [5.41, 5.74) is 0.443. The first kappa shape index (κ1) is 15.7. The summed E-state index contributed by atoms with van der Waals surface area (Å²) >= 11 is 0. The van der Waals surface area contributed by atoms with Crippen LogP contribution in [0.5, 0.6) is 0 Å². The lowest BCUT2D eigenvalue weighted by Gasteiger charge is -2.22. The zero-order valence-electron chi connectivity index (χ0n) is 12.0. The standard InChI is InChI=1S/C15H22FN3O2/c16-12-3-1-4-13(11-12)19-15(20)18-7-2-10-21-14-5-8-17-9-6-14/h1,3-4,11,14,17H,2,5-10H2,(H2,18,19,20). The number of carbonyl (C=O) groups is 1. The molecule has 21 heavy (non-hydrogen) atoms. The van der Waals surface area contributed by atoms with E-state index in [1.807, 2.05) is 0 Å². The number of carbonyl (C=O) groups excluding carboxylic acids is 1. The van der Waals surface area contributed by atoms with Gasteiger partial charge in [-0.25, -0.2) is 9.18 Å². The average Bonchev–Trinajstić information content (AvgIpc) is 2.48. The van der Waals surface area contributed by atoms with Gasteiger partial charge in [-0.15, -0.1) is 0 Å². The molecule has 0 radical (unpaired) electrons. The number of anilines is 1. The molecule has 1 aromatic carbocycles. The first-order valence-corrected chi connectivity index (χ1v) is 7.37. The lowest BCUT2D eigenvalue weighted by atomic mass is 10.1. The third-order valence-corrected chi connectivity index (χ3v) is 3.33. The summed E-state index contributed by atoms with van der Waals surface area (Å²) in [5.74, 6) is -0.372. The highest BCUT2D eigenvalue weighted by Gasteiger charge is 2.12. The van der Waals surface area contributed by atoms with Crippen LogP contribution in [0.25, 0.3) is 0 Å². The first-order valence-electron chi connectivity index (χ1n) is 7.37. The summed E-state index contributed by atoms with van der Waals surface area (Å²) in [5, 5.41) is 8.59. The second kappa shape index (κ2) is 8.59. The summed E-state index contributed by atoms with van der Waals surface area (Å²) < 4.78 is 18.7. The number of hydrogen-bond acceptors (Lipinski definition) is 3. The Morgan fingerprint density at radius 1 is 1.38 bits per heavy atom. The highest BCUT2D eigenvalue weighted by Crippen LogP contribution is 2.09. The van der Waals surface area contributed by atoms with Gasteiger partial charge in [-0.2, -0.15) is 0 Å². The molecule has 2 amide bonds. The number of piperidine rings is 1. The number of nitrogens with one attached hydrogen (secondary N) is 3. The molecule has 0 unspecified atom stereocenters. The topological polar surface area (TPSA) is 62.4 Å². The summed E-state index contributed by atoms with van der Waals surface area (Å²) in [6, 6.07) is 5.48. The highest BCUT2D eigenvalue weighted by atomic mass is 19.1. The van der Waals surface area contributed by atoms with Crippen LogP contribution in [0.2, 0.25) is 0 Å². The molecule has 5 nitrogen and oxygen atoms in total. The zero-order chi connectivity index (χ0) is 14.9. The Hall–Kier alpha value is -1.66. The predicted molar refractivity (Wildman–Crippen MR) is 79.9 cm³/mol. The summed E-state index contributed by atoms with van der Waals surface area (Å²) in [4.78, 5) is 11.6. The van der Waals surface area contributed by atoms with Crippen LogP contribution in [0.15, 0.2) is 24.3 Å². The van der Waals surface area contributed by atoms with Gasteiger partial charge in [0.25, 0.3) is 0 Å². The molecule has 3 N–H and O–H groups in total. The predicted octanol–water partition coefficient (Wildman–Crippen LogP) is 2.11. The number of urea groups is 1.